The molecule has 21 heavy (non-hydrogen) atoms. The first-order valence-corrected chi connectivity index (χ1v) is 9.25. The molecule has 0 bridgehead atoms. The van der Waals surface area contributed by atoms with Gasteiger partial charge in [-0.1, -0.05) is 34.1 Å². The highest BCUT2D eigenvalue weighted by molar-refractivity contribution is 6.17. The van der Waals surface area contributed by atoms with Crippen LogP contribution in [0.5, 0.6) is 0 Å². The summed E-state index contributed by atoms with van der Waals surface area (Å²) >= 11 is 5.84. The number of rotatable bonds is 7. The van der Waals surface area contributed by atoms with Gasteiger partial charge in [0.25, 0.3) is 0 Å². The maximum Gasteiger partial charge on any atom is 0.223 e. The summed E-state index contributed by atoms with van der Waals surface area (Å²) in [6, 6.07) is 0. The third-order valence-electron chi connectivity index (χ3n) is 5.10. The lowest BCUT2D eigenvalue weighted by molar-refractivity contribution is -0.126. The van der Waals surface area contributed by atoms with E-state index in [9.17, 15) is 4.79 Å². The summed E-state index contributed by atoms with van der Waals surface area (Å²) in [7, 11) is 0. The quantitative estimate of drug-likeness (QED) is 0.658. The molecule has 1 N–H and O–H groups in total. The molecule has 1 fully saturated rings. The molecule has 3 heteroatoms. The molecule has 0 aliphatic heterocycles. The van der Waals surface area contributed by atoms with Gasteiger partial charge in [0.2, 0.25) is 5.91 Å². The Morgan fingerprint density at radius 1 is 1.19 bits per heavy atom. The molecule has 1 unspecified atom stereocenters. The third-order valence-corrected chi connectivity index (χ3v) is 5.32. The van der Waals surface area contributed by atoms with Crippen LogP contribution in [0, 0.1) is 23.2 Å². The monoisotopic (exact) mass is 315 g/mol. The maximum atomic E-state index is 12.3. The van der Waals surface area contributed by atoms with Gasteiger partial charge in [-0.3, -0.25) is 4.79 Å². The molecule has 1 aliphatic rings. The average molecular weight is 316 g/mol. The normalized spacial score (nSPS) is 24.6. The van der Waals surface area contributed by atoms with Crippen LogP contribution >= 0.6 is 11.6 Å². The fourth-order valence-corrected chi connectivity index (χ4v) is 3.83. The first-order chi connectivity index (χ1) is 9.88. The molecule has 0 aromatic rings. The van der Waals surface area contributed by atoms with Crippen molar-refractivity contribution in [1.82, 2.24) is 5.32 Å². The molecule has 0 heterocycles. The van der Waals surface area contributed by atoms with Gasteiger partial charge in [-0.2, -0.15) is 0 Å². The Bertz CT molecular complexity index is 297. The van der Waals surface area contributed by atoms with Gasteiger partial charge in [0.1, 0.15) is 0 Å². The number of hydrogen-bond acceptors (Lipinski definition) is 1. The predicted molar refractivity (Wildman–Crippen MR) is 91.6 cm³/mol. The minimum atomic E-state index is 0.238. The molecule has 0 aromatic heterocycles. The second-order valence-electron chi connectivity index (χ2n) is 7.79. The molecule has 1 amide bonds. The van der Waals surface area contributed by atoms with Gasteiger partial charge >= 0.3 is 0 Å². The first kappa shape index (κ1) is 18.8. The lowest BCUT2D eigenvalue weighted by Gasteiger charge is -2.36. The topological polar surface area (TPSA) is 29.1 Å². The van der Waals surface area contributed by atoms with Crippen molar-refractivity contribution in [3.05, 3.63) is 0 Å². The van der Waals surface area contributed by atoms with Crippen molar-refractivity contribution in [2.24, 2.45) is 23.2 Å². The van der Waals surface area contributed by atoms with Crippen molar-refractivity contribution in [3.63, 3.8) is 0 Å². The fourth-order valence-electron chi connectivity index (χ4n) is 3.52. The zero-order valence-electron chi connectivity index (χ0n) is 14.4. The van der Waals surface area contributed by atoms with Crippen molar-refractivity contribution >= 4 is 17.5 Å². The predicted octanol–water partition coefficient (Wildman–Crippen LogP) is 5.00. The fraction of sp³-hybridized carbons (Fsp3) is 0.944. The molecular weight excluding hydrogens is 282 g/mol. The Morgan fingerprint density at radius 3 is 2.29 bits per heavy atom. The van der Waals surface area contributed by atoms with Crippen LogP contribution in [0.15, 0.2) is 0 Å². The molecule has 124 valence electrons. The van der Waals surface area contributed by atoms with Crippen LogP contribution in [0.1, 0.15) is 72.6 Å². The molecule has 0 spiro atoms. The van der Waals surface area contributed by atoms with Crippen LogP contribution in [0.25, 0.3) is 0 Å². The molecule has 0 radical (unpaired) electrons. The molecule has 2 nitrogen and oxygen atoms in total. The molecular formula is C18H34ClNO. The number of carbonyl (C=O) groups is 1. The third kappa shape index (κ3) is 6.59. The zero-order chi connectivity index (χ0) is 15.9. The van der Waals surface area contributed by atoms with Crippen molar-refractivity contribution in [1.29, 1.82) is 0 Å². The summed E-state index contributed by atoms with van der Waals surface area (Å²) in [4.78, 5) is 12.3. The summed E-state index contributed by atoms with van der Waals surface area (Å²) in [5, 5.41) is 3.18. The van der Waals surface area contributed by atoms with Crippen LogP contribution in [-0.2, 0) is 4.79 Å². The van der Waals surface area contributed by atoms with Crippen LogP contribution in [0.3, 0.4) is 0 Å². The van der Waals surface area contributed by atoms with E-state index in [1.165, 1.54) is 12.8 Å². The average Bonchev–Trinajstić information content (AvgIpc) is 2.44. The molecule has 1 saturated carbocycles. The van der Waals surface area contributed by atoms with Crippen LogP contribution in [0.2, 0.25) is 0 Å². The van der Waals surface area contributed by atoms with Gasteiger partial charge in [0, 0.05) is 18.3 Å². The Hall–Kier alpha value is -0.240. The number of alkyl halides is 1. The highest BCUT2D eigenvalue weighted by Gasteiger charge is 2.32. The van der Waals surface area contributed by atoms with Crippen LogP contribution in [-0.4, -0.2) is 18.3 Å². The van der Waals surface area contributed by atoms with Crippen molar-refractivity contribution in [2.75, 3.05) is 12.4 Å². The minimum absolute atomic E-state index is 0.238. The summed E-state index contributed by atoms with van der Waals surface area (Å²) in [6.07, 6.45) is 7.83. The number of halogens is 1. The number of carbonyl (C=O) groups excluding carboxylic acids is 1. The largest absolute Gasteiger partial charge is 0.356 e. The highest BCUT2D eigenvalue weighted by atomic mass is 35.5. The van der Waals surface area contributed by atoms with E-state index in [0.717, 1.165) is 44.6 Å². The minimum Gasteiger partial charge on any atom is -0.356 e. The van der Waals surface area contributed by atoms with E-state index in [4.69, 9.17) is 11.6 Å². The van der Waals surface area contributed by atoms with Crippen LogP contribution < -0.4 is 5.32 Å². The maximum absolute atomic E-state index is 12.3. The van der Waals surface area contributed by atoms with Gasteiger partial charge in [-0.05, 0) is 55.8 Å². The number of hydrogen-bond donors (Lipinski definition) is 1. The summed E-state index contributed by atoms with van der Waals surface area (Å²) in [5.74, 6) is 2.52. The molecule has 1 aliphatic carbocycles. The van der Waals surface area contributed by atoms with Gasteiger partial charge in [-0.25, -0.2) is 0 Å². The first-order valence-electron chi connectivity index (χ1n) is 8.72. The lowest BCUT2D eigenvalue weighted by Crippen LogP contribution is -2.37. The van der Waals surface area contributed by atoms with Gasteiger partial charge < -0.3 is 5.32 Å². The standard InChI is InChI=1S/C18H34ClNO/c1-5-6-14(11-12-19)13-20-17(21)15-7-9-16(10-8-15)18(2,3)4/h14-16H,5-13H2,1-4H3,(H,20,21). The summed E-state index contributed by atoms with van der Waals surface area (Å²) in [6.45, 7) is 9.95. The second kappa shape index (κ2) is 9.02. The van der Waals surface area contributed by atoms with E-state index < -0.39 is 0 Å². The Morgan fingerprint density at radius 2 is 1.81 bits per heavy atom. The Balaban J connectivity index is 2.33. The van der Waals surface area contributed by atoms with E-state index >= 15 is 0 Å². The number of nitrogens with one attached hydrogen (secondary N) is 1. The van der Waals surface area contributed by atoms with E-state index in [0.29, 0.717) is 17.2 Å². The van der Waals surface area contributed by atoms with Gasteiger partial charge in [0.05, 0.1) is 0 Å². The zero-order valence-corrected chi connectivity index (χ0v) is 15.1. The van der Waals surface area contributed by atoms with Gasteiger partial charge in [0.15, 0.2) is 0 Å². The van der Waals surface area contributed by atoms with E-state index in [1.54, 1.807) is 0 Å². The molecule has 0 saturated heterocycles. The van der Waals surface area contributed by atoms with Crippen molar-refractivity contribution < 1.29 is 4.79 Å². The second-order valence-corrected chi connectivity index (χ2v) is 8.17. The highest BCUT2D eigenvalue weighted by Crippen LogP contribution is 2.39. The van der Waals surface area contributed by atoms with Crippen molar-refractivity contribution in [2.45, 2.75) is 72.6 Å². The van der Waals surface area contributed by atoms with Crippen LogP contribution in [0.4, 0.5) is 0 Å². The molecule has 1 rings (SSSR count). The van der Waals surface area contributed by atoms with Crippen molar-refractivity contribution in [3.8, 4) is 0 Å². The van der Waals surface area contributed by atoms with E-state index in [1.807, 2.05) is 0 Å². The summed E-state index contributed by atoms with van der Waals surface area (Å²) in [5.41, 5.74) is 0.383. The van der Waals surface area contributed by atoms with E-state index in [-0.39, 0.29) is 11.8 Å². The molecule has 0 aromatic carbocycles. The molecule has 1 atom stereocenters. The lowest BCUT2D eigenvalue weighted by atomic mass is 9.69. The Kier molecular flexibility index (Phi) is 8.08. The SMILES string of the molecule is CCCC(CCCl)CNC(=O)C1CCC(C(C)(C)C)CC1. The summed E-state index contributed by atoms with van der Waals surface area (Å²) < 4.78 is 0. The number of amides is 1. The Labute approximate surface area is 136 Å². The van der Waals surface area contributed by atoms with Gasteiger partial charge in [-0.15, -0.1) is 11.6 Å². The van der Waals surface area contributed by atoms with E-state index in [2.05, 4.69) is 33.0 Å². The smallest absolute Gasteiger partial charge is 0.223 e.